The molecule has 0 radical (unpaired) electrons. The van der Waals surface area contributed by atoms with E-state index in [1.165, 1.54) is 16.7 Å². The van der Waals surface area contributed by atoms with Gasteiger partial charge in [-0.15, -0.1) is 35.3 Å². The van der Waals surface area contributed by atoms with Crippen molar-refractivity contribution in [3.05, 3.63) is 22.3 Å². The highest BCUT2D eigenvalue weighted by Gasteiger charge is 2.54. The van der Waals surface area contributed by atoms with E-state index >= 15 is 0 Å². The number of rotatable bonds is 4. The SMILES string of the molecule is CC1=C(C(=O)O)N2C(=O)C(NC(=O)C(N)C3=CSCSC3)C2SC1.O=C(O)C(F)(F)F. The van der Waals surface area contributed by atoms with Crippen molar-refractivity contribution >= 4 is 59.0 Å². The molecule has 3 atom stereocenters. The number of alkyl halides is 3. The van der Waals surface area contributed by atoms with Crippen LogP contribution in [0.2, 0.25) is 0 Å². The molecule has 0 aliphatic carbocycles. The summed E-state index contributed by atoms with van der Waals surface area (Å²) in [4.78, 5) is 46.2. The van der Waals surface area contributed by atoms with Crippen molar-refractivity contribution in [1.82, 2.24) is 10.2 Å². The minimum absolute atomic E-state index is 0.0290. The largest absolute Gasteiger partial charge is 0.490 e. The quantitative estimate of drug-likeness (QED) is 0.411. The van der Waals surface area contributed by atoms with Crippen LogP contribution in [-0.2, 0) is 19.2 Å². The molecule has 0 aromatic heterocycles. The lowest BCUT2D eigenvalue weighted by molar-refractivity contribution is -0.192. The minimum Gasteiger partial charge on any atom is -0.477 e. The van der Waals surface area contributed by atoms with Gasteiger partial charge in [0.05, 0.1) is 0 Å². The molecule has 1 saturated heterocycles. The Morgan fingerprint density at radius 3 is 2.39 bits per heavy atom. The molecular formula is C16H18F3N3O6S3. The Bertz CT molecular complexity index is 848. The predicted octanol–water partition coefficient (Wildman–Crippen LogP) is 1.03. The van der Waals surface area contributed by atoms with Gasteiger partial charge in [-0.25, -0.2) is 9.59 Å². The van der Waals surface area contributed by atoms with Crippen LogP contribution in [0.5, 0.6) is 0 Å². The summed E-state index contributed by atoms with van der Waals surface area (Å²) >= 11 is 4.74. The normalized spacial score (nSPS) is 24.1. The standard InChI is InChI=1S/C14H17N3O4S3.C2HF3O2/c1-6-2-24-13-9(12(19)17(13)10(6)14(20)21)16-11(18)8(15)7-3-22-5-23-4-7;3-2(4,5)1(6)7/h3,8-9,13H,2,4-5,15H2,1H3,(H,16,18)(H,20,21);(H,6,7). The molecule has 3 rings (SSSR count). The molecule has 3 aliphatic heterocycles. The Morgan fingerprint density at radius 1 is 1.29 bits per heavy atom. The fourth-order valence-corrected chi connectivity index (χ4v) is 6.06. The van der Waals surface area contributed by atoms with E-state index in [2.05, 4.69) is 5.32 Å². The first-order chi connectivity index (χ1) is 14.4. The highest BCUT2D eigenvalue weighted by molar-refractivity contribution is 8.18. The van der Waals surface area contributed by atoms with Gasteiger partial charge < -0.3 is 21.3 Å². The van der Waals surface area contributed by atoms with Crippen molar-refractivity contribution in [2.45, 2.75) is 30.6 Å². The summed E-state index contributed by atoms with van der Waals surface area (Å²) < 4.78 is 31.7. The number of β-lactam (4-membered cyclic amide) rings is 1. The summed E-state index contributed by atoms with van der Waals surface area (Å²) in [6, 6.07) is -1.50. The Morgan fingerprint density at radius 2 is 1.90 bits per heavy atom. The number of nitrogens with one attached hydrogen (secondary N) is 1. The van der Waals surface area contributed by atoms with Crippen LogP contribution in [0.25, 0.3) is 0 Å². The van der Waals surface area contributed by atoms with Gasteiger partial charge in [0.25, 0.3) is 5.91 Å². The lowest BCUT2D eigenvalue weighted by atomic mass is 10.0. The van der Waals surface area contributed by atoms with Crippen LogP contribution in [0.4, 0.5) is 13.2 Å². The van der Waals surface area contributed by atoms with Crippen LogP contribution in [-0.4, -0.2) is 79.1 Å². The van der Waals surface area contributed by atoms with Gasteiger partial charge in [0.15, 0.2) is 0 Å². The zero-order valence-electron chi connectivity index (χ0n) is 15.8. The van der Waals surface area contributed by atoms with Gasteiger partial charge in [-0.2, -0.15) is 13.2 Å². The molecule has 15 heteroatoms. The van der Waals surface area contributed by atoms with E-state index in [0.717, 1.165) is 10.7 Å². The second kappa shape index (κ2) is 10.2. The van der Waals surface area contributed by atoms with Crippen LogP contribution in [0, 0.1) is 0 Å². The zero-order valence-corrected chi connectivity index (χ0v) is 18.3. The number of thioether (sulfide) groups is 3. The van der Waals surface area contributed by atoms with Crippen molar-refractivity contribution in [1.29, 1.82) is 0 Å². The Hall–Kier alpha value is -1.84. The molecule has 9 nitrogen and oxygen atoms in total. The Kier molecular flexibility index (Phi) is 8.35. The lowest BCUT2D eigenvalue weighted by Crippen LogP contribution is -2.71. The van der Waals surface area contributed by atoms with Crippen LogP contribution in [0.3, 0.4) is 0 Å². The van der Waals surface area contributed by atoms with Crippen molar-refractivity contribution in [3.8, 4) is 0 Å². The van der Waals surface area contributed by atoms with Crippen LogP contribution < -0.4 is 11.1 Å². The number of nitrogens with two attached hydrogens (primary N) is 1. The average Bonchev–Trinajstić information content (AvgIpc) is 2.71. The topological polar surface area (TPSA) is 150 Å². The number of amides is 2. The summed E-state index contributed by atoms with van der Waals surface area (Å²) in [7, 11) is 0. The average molecular weight is 502 g/mol. The fourth-order valence-electron chi connectivity index (χ4n) is 2.73. The molecule has 0 aromatic rings. The van der Waals surface area contributed by atoms with Crippen LogP contribution in [0.1, 0.15) is 6.92 Å². The first kappa shape index (κ1) is 25.4. The van der Waals surface area contributed by atoms with Gasteiger partial charge in [-0.1, -0.05) is 0 Å². The van der Waals surface area contributed by atoms with E-state index in [1.807, 2.05) is 5.41 Å². The van der Waals surface area contributed by atoms with Crippen LogP contribution in [0.15, 0.2) is 22.3 Å². The molecule has 31 heavy (non-hydrogen) atoms. The third kappa shape index (κ3) is 5.90. The number of hydrogen-bond donors (Lipinski definition) is 4. The van der Waals surface area contributed by atoms with Gasteiger partial charge in [0, 0.05) is 16.6 Å². The minimum atomic E-state index is -5.08. The summed E-state index contributed by atoms with van der Waals surface area (Å²) in [5.74, 6) is -3.44. The molecule has 0 aromatic carbocycles. The number of fused-ring (bicyclic) bond motifs is 1. The predicted molar refractivity (Wildman–Crippen MR) is 110 cm³/mol. The number of carboxylic acid groups (broad SMARTS) is 2. The lowest BCUT2D eigenvalue weighted by Gasteiger charge is -2.49. The van der Waals surface area contributed by atoms with Crippen molar-refractivity contribution < 1.29 is 42.6 Å². The van der Waals surface area contributed by atoms with E-state index in [1.54, 1.807) is 30.4 Å². The summed E-state index contributed by atoms with van der Waals surface area (Å²) in [6.45, 7) is 1.70. The highest BCUT2D eigenvalue weighted by Crippen LogP contribution is 2.40. The van der Waals surface area contributed by atoms with Crippen molar-refractivity contribution in [3.63, 3.8) is 0 Å². The maximum atomic E-state index is 12.3. The number of carbonyl (C=O) groups excluding carboxylic acids is 2. The van der Waals surface area contributed by atoms with Crippen LogP contribution >= 0.6 is 35.3 Å². The molecule has 3 unspecified atom stereocenters. The monoisotopic (exact) mass is 501 g/mol. The van der Waals surface area contributed by atoms with Crippen molar-refractivity contribution in [2.75, 3.05) is 16.6 Å². The highest BCUT2D eigenvalue weighted by atomic mass is 32.2. The second-order valence-electron chi connectivity index (χ2n) is 6.44. The molecule has 0 saturated carbocycles. The summed E-state index contributed by atoms with van der Waals surface area (Å²) in [6.07, 6.45) is -5.08. The smallest absolute Gasteiger partial charge is 0.477 e. The first-order valence-corrected chi connectivity index (χ1v) is 11.7. The molecule has 3 heterocycles. The maximum absolute atomic E-state index is 12.3. The number of halogens is 3. The molecule has 0 spiro atoms. The van der Waals surface area contributed by atoms with E-state index in [9.17, 15) is 32.7 Å². The van der Waals surface area contributed by atoms with Gasteiger partial charge in [-0.05, 0) is 23.5 Å². The maximum Gasteiger partial charge on any atom is 0.490 e. The molecule has 172 valence electrons. The van der Waals surface area contributed by atoms with E-state index in [0.29, 0.717) is 17.1 Å². The van der Waals surface area contributed by atoms with E-state index in [4.69, 9.17) is 15.6 Å². The van der Waals surface area contributed by atoms with Crippen molar-refractivity contribution in [2.24, 2.45) is 5.73 Å². The second-order valence-corrected chi connectivity index (χ2v) is 9.75. The third-order valence-electron chi connectivity index (χ3n) is 4.24. The number of carboxylic acids is 2. The van der Waals surface area contributed by atoms with Gasteiger partial charge in [0.2, 0.25) is 5.91 Å². The van der Waals surface area contributed by atoms with Gasteiger partial charge in [-0.3, -0.25) is 14.5 Å². The Balaban J connectivity index is 0.000000423. The first-order valence-electron chi connectivity index (χ1n) is 8.48. The zero-order chi connectivity index (χ0) is 23.5. The summed E-state index contributed by atoms with van der Waals surface area (Å²) in [5.41, 5.74) is 7.51. The number of nitrogens with zero attached hydrogens (tertiary/aromatic N) is 1. The van der Waals surface area contributed by atoms with Gasteiger partial charge in [0.1, 0.15) is 23.2 Å². The third-order valence-corrected chi connectivity index (χ3v) is 7.88. The van der Waals surface area contributed by atoms with E-state index < -0.39 is 42.0 Å². The molecule has 1 fully saturated rings. The molecule has 0 bridgehead atoms. The molecular weight excluding hydrogens is 483 g/mol. The number of aliphatic carboxylic acids is 2. The number of hydrogen-bond acceptors (Lipinski definition) is 8. The molecule has 5 N–H and O–H groups in total. The molecule has 2 amide bonds. The number of carbonyl (C=O) groups is 4. The molecule has 3 aliphatic rings. The Labute approximate surface area is 187 Å². The van der Waals surface area contributed by atoms with E-state index in [-0.39, 0.29) is 11.1 Å². The fraction of sp³-hybridized carbons (Fsp3) is 0.500. The van der Waals surface area contributed by atoms with Gasteiger partial charge >= 0.3 is 18.1 Å². The summed E-state index contributed by atoms with van der Waals surface area (Å²) in [5, 5.41) is 21.6.